The third-order valence-corrected chi connectivity index (χ3v) is 4.90. The van der Waals surface area contributed by atoms with Crippen LogP contribution in [0.5, 0.6) is 0 Å². The van der Waals surface area contributed by atoms with Crippen molar-refractivity contribution in [3.63, 3.8) is 0 Å². The highest BCUT2D eigenvalue weighted by molar-refractivity contribution is 4.91. The molecule has 20 heavy (non-hydrogen) atoms. The molecule has 1 spiro atoms. The lowest BCUT2D eigenvalue weighted by Gasteiger charge is -2.46. The standard InChI is InChI=1S/C14H28N2.2C2H6.H2/c1-3-15-13-5-7-14(8-6-13)9-11-16(4-2)12-10-14;2*1-2;/h13,15H,3-12H2,1-2H3;2*1-2H3;1H. The van der Waals surface area contributed by atoms with E-state index in [0.29, 0.717) is 0 Å². The molecule has 0 bridgehead atoms. The molecule has 0 aromatic rings. The Labute approximate surface area is 130 Å². The summed E-state index contributed by atoms with van der Waals surface area (Å²) in [5.74, 6) is 0. The second kappa shape index (κ2) is 11.6. The minimum absolute atomic E-state index is 0. The quantitative estimate of drug-likeness (QED) is 0.790. The van der Waals surface area contributed by atoms with E-state index in [1.54, 1.807) is 0 Å². The molecule has 0 aromatic heterocycles. The van der Waals surface area contributed by atoms with Crippen molar-refractivity contribution in [3.05, 3.63) is 0 Å². The molecule has 0 radical (unpaired) electrons. The number of piperidine rings is 1. The van der Waals surface area contributed by atoms with Crippen LogP contribution >= 0.6 is 0 Å². The van der Waals surface area contributed by atoms with Gasteiger partial charge in [0.15, 0.2) is 0 Å². The first-order chi connectivity index (χ1) is 9.78. The third kappa shape index (κ3) is 6.13. The number of nitrogens with zero attached hydrogens (tertiary/aromatic N) is 1. The average Bonchev–Trinajstić information content (AvgIpc) is 2.55. The zero-order valence-corrected chi connectivity index (χ0v) is 15.1. The zero-order chi connectivity index (χ0) is 15.4. The Balaban J connectivity index is 0. The molecule has 2 aliphatic rings. The van der Waals surface area contributed by atoms with Gasteiger partial charge in [-0.05, 0) is 70.1 Å². The van der Waals surface area contributed by atoms with Gasteiger partial charge in [0.05, 0.1) is 0 Å². The van der Waals surface area contributed by atoms with Crippen molar-refractivity contribution < 1.29 is 1.43 Å². The Kier molecular flexibility index (Phi) is 11.5. The van der Waals surface area contributed by atoms with Gasteiger partial charge >= 0.3 is 0 Å². The number of hydrogen-bond donors (Lipinski definition) is 1. The van der Waals surface area contributed by atoms with Crippen LogP contribution in [0.4, 0.5) is 0 Å². The maximum Gasteiger partial charge on any atom is 0.00673 e. The molecular weight excluding hydrogens is 244 g/mol. The van der Waals surface area contributed by atoms with E-state index < -0.39 is 0 Å². The zero-order valence-electron chi connectivity index (χ0n) is 15.1. The lowest BCUT2D eigenvalue weighted by atomic mass is 9.67. The molecule has 1 saturated carbocycles. The van der Waals surface area contributed by atoms with Gasteiger partial charge in [-0.15, -0.1) is 0 Å². The number of likely N-dealkylation sites (tertiary alicyclic amines) is 1. The lowest BCUT2D eigenvalue weighted by Crippen LogP contribution is -2.44. The van der Waals surface area contributed by atoms with Gasteiger partial charge in [-0.3, -0.25) is 0 Å². The van der Waals surface area contributed by atoms with E-state index in [-0.39, 0.29) is 1.43 Å². The Morgan fingerprint density at radius 2 is 1.45 bits per heavy atom. The molecule has 1 aliphatic carbocycles. The molecule has 2 nitrogen and oxygen atoms in total. The van der Waals surface area contributed by atoms with Crippen molar-refractivity contribution in [1.82, 2.24) is 10.2 Å². The van der Waals surface area contributed by atoms with Gasteiger partial charge in [-0.2, -0.15) is 0 Å². The van der Waals surface area contributed by atoms with Crippen LogP contribution in [-0.2, 0) is 0 Å². The predicted molar refractivity (Wildman–Crippen MR) is 94.5 cm³/mol. The fourth-order valence-corrected chi connectivity index (χ4v) is 3.57. The SMILES string of the molecule is CC.CC.CCNC1CCC2(CC1)CCN(CC)CC2.[HH]. The van der Waals surface area contributed by atoms with E-state index >= 15 is 0 Å². The van der Waals surface area contributed by atoms with Gasteiger partial charge in [0.2, 0.25) is 0 Å². The second-order valence-corrected chi connectivity index (χ2v) is 5.77. The molecule has 124 valence electrons. The van der Waals surface area contributed by atoms with Crippen molar-refractivity contribution in [2.24, 2.45) is 5.41 Å². The first-order valence-electron chi connectivity index (χ1n) is 9.24. The Hall–Kier alpha value is -0.0800. The van der Waals surface area contributed by atoms with E-state index in [0.717, 1.165) is 18.0 Å². The lowest BCUT2D eigenvalue weighted by molar-refractivity contribution is 0.0613. The first kappa shape index (κ1) is 19.9. The maximum atomic E-state index is 3.62. The molecule has 0 aromatic carbocycles. The fourth-order valence-electron chi connectivity index (χ4n) is 3.57. The average molecular weight is 287 g/mol. The molecule has 1 aliphatic heterocycles. The summed E-state index contributed by atoms with van der Waals surface area (Å²) in [6, 6.07) is 0.819. The van der Waals surface area contributed by atoms with Gasteiger partial charge in [-0.25, -0.2) is 0 Å². The summed E-state index contributed by atoms with van der Waals surface area (Å²) in [6.07, 6.45) is 8.70. The second-order valence-electron chi connectivity index (χ2n) is 5.77. The highest BCUT2D eigenvalue weighted by atomic mass is 15.1. The summed E-state index contributed by atoms with van der Waals surface area (Å²) >= 11 is 0. The predicted octanol–water partition coefficient (Wildman–Crippen LogP) is 4.94. The Morgan fingerprint density at radius 3 is 1.85 bits per heavy atom. The highest BCUT2D eigenvalue weighted by Gasteiger charge is 2.37. The van der Waals surface area contributed by atoms with Gasteiger partial charge in [0, 0.05) is 7.47 Å². The summed E-state index contributed by atoms with van der Waals surface area (Å²) in [4.78, 5) is 2.61. The summed E-state index contributed by atoms with van der Waals surface area (Å²) in [5, 5.41) is 3.62. The third-order valence-electron chi connectivity index (χ3n) is 4.90. The van der Waals surface area contributed by atoms with E-state index in [9.17, 15) is 0 Å². The van der Waals surface area contributed by atoms with Crippen LogP contribution in [0.3, 0.4) is 0 Å². The van der Waals surface area contributed by atoms with Crippen LogP contribution < -0.4 is 5.32 Å². The Bertz CT molecular complexity index is 203. The fraction of sp³-hybridized carbons (Fsp3) is 1.00. The van der Waals surface area contributed by atoms with Crippen molar-refractivity contribution in [2.75, 3.05) is 26.2 Å². The molecule has 2 fully saturated rings. The van der Waals surface area contributed by atoms with Gasteiger partial charge in [0.25, 0.3) is 0 Å². The summed E-state index contributed by atoms with van der Waals surface area (Å²) in [6.45, 7) is 17.6. The van der Waals surface area contributed by atoms with Crippen LogP contribution in [0.1, 0.15) is 81.5 Å². The molecule has 0 atom stereocenters. The van der Waals surface area contributed by atoms with Crippen molar-refractivity contribution in [3.8, 4) is 0 Å². The van der Waals surface area contributed by atoms with E-state index in [1.807, 2.05) is 27.7 Å². The molecule has 1 N–H and O–H groups in total. The van der Waals surface area contributed by atoms with Crippen LogP contribution in [-0.4, -0.2) is 37.1 Å². The number of rotatable bonds is 3. The van der Waals surface area contributed by atoms with Crippen LogP contribution in [0.2, 0.25) is 0 Å². The van der Waals surface area contributed by atoms with Crippen molar-refractivity contribution >= 4 is 0 Å². The maximum absolute atomic E-state index is 3.62. The minimum Gasteiger partial charge on any atom is -0.314 e. The largest absolute Gasteiger partial charge is 0.314 e. The smallest absolute Gasteiger partial charge is 0.00673 e. The molecule has 2 heteroatoms. The topological polar surface area (TPSA) is 15.3 Å². The van der Waals surface area contributed by atoms with E-state index in [2.05, 4.69) is 24.1 Å². The van der Waals surface area contributed by atoms with Gasteiger partial charge < -0.3 is 10.2 Å². The van der Waals surface area contributed by atoms with Crippen LogP contribution in [0.15, 0.2) is 0 Å². The van der Waals surface area contributed by atoms with E-state index in [1.165, 1.54) is 58.2 Å². The van der Waals surface area contributed by atoms with E-state index in [4.69, 9.17) is 0 Å². The van der Waals surface area contributed by atoms with Gasteiger partial charge in [-0.1, -0.05) is 41.5 Å². The number of hydrogen-bond acceptors (Lipinski definition) is 2. The normalized spacial score (nSPS) is 22.5. The molecule has 1 saturated heterocycles. The molecule has 1 heterocycles. The summed E-state index contributed by atoms with van der Waals surface area (Å²) in [7, 11) is 0. The first-order valence-corrected chi connectivity index (χ1v) is 9.24. The van der Waals surface area contributed by atoms with Crippen molar-refractivity contribution in [2.45, 2.75) is 86.1 Å². The highest BCUT2D eigenvalue weighted by Crippen LogP contribution is 2.44. The summed E-state index contributed by atoms with van der Waals surface area (Å²) in [5.41, 5.74) is 0.734. The van der Waals surface area contributed by atoms with Gasteiger partial charge in [0.1, 0.15) is 0 Å². The number of nitrogens with one attached hydrogen (secondary N) is 1. The molecular formula is C18H42N2. The van der Waals surface area contributed by atoms with Crippen molar-refractivity contribution in [1.29, 1.82) is 0 Å². The molecule has 0 unspecified atom stereocenters. The monoisotopic (exact) mass is 286 g/mol. The molecule has 0 amide bonds. The van der Waals surface area contributed by atoms with Crippen LogP contribution in [0, 0.1) is 5.41 Å². The Morgan fingerprint density at radius 1 is 0.950 bits per heavy atom. The summed E-state index contributed by atoms with van der Waals surface area (Å²) < 4.78 is 0. The minimum atomic E-state index is 0. The van der Waals surface area contributed by atoms with Crippen LogP contribution in [0.25, 0.3) is 0 Å². The molecule has 2 rings (SSSR count).